The van der Waals surface area contributed by atoms with E-state index in [9.17, 15) is 0 Å². The molecular formula is C17H17N3. The summed E-state index contributed by atoms with van der Waals surface area (Å²) in [6.45, 7) is 0. The van der Waals surface area contributed by atoms with E-state index < -0.39 is 0 Å². The Balaban J connectivity index is 1.91. The largest absolute Gasteiger partial charge is 0.313 e. The molecule has 3 rings (SSSR count). The van der Waals surface area contributed by atoms with Crippen LogP contribution in [0.1, 0.15) is 17.3 Å². The molecule has 0 fully saturated rings. The summed E-state index contributed by atoms with van der Waals surface area (Å²) >= 11 is 0. The summed E-state index contributed by atoms with van der Waals surface area (Å²) in [6.07, 6.45) is 4.64. The van der Waals surface area contributed by atoms with E-state index >= 15 is 0 Å². The first kappa shape index (κ1) is 12.8. The van der Waals surface area contributed by atoms with Gasteiger partial charge in [0.2, 0.25) is 0 Å². The molecule has 3 heteroatoms. The van der Waals surface area contributed by atoms with Gasteiger partial charge in [-0.05, 0) is 36.9 Å². The maximum atomic E-state index is 4.53. The number of rotatable bonds is 4. The number of benzene rings is 1. The van der Waals surface area contributed by atoms with Gasteiger partial charge in [0.15, 0.2) is 0 Å². The second kappa shape index (κ2) is 5.80. The summed E-state index contributed by atoms with van der Waals surface area (Å²) in [4.78, 5) is 8.93. The summed E-state index contributed by atoms with van der Waals surface area (Å²) < 4.78 is 0. The van der Waals surface area contributed by atoms with Crippen molar-refractivity contribution in [1.29, 1.82) is 0 Å². The van der Waals surface area contributed by atoms with Crippen LogP contribution in [0, 0.1) is 0 Å². The second-order valence-electron chi connectivity index (χ2n) is 4.83. The Bertz CT molecular complexity index is 695. The highest BCUT2D eigenvalue weighted by atomic mass is 14.9. The molecule has 0 spiro atoms. The van der Waals surface area contributed by atoms with Crippen LogP contribution in [0.15, 0.2) is 60.9 Å². The SMILES string of the molecule is CNC(Cc1ccccn1)c1cnc2ccccc2c1. The lowest BCUT2D eigenvalue weighted by Crippen LogP contribution is -2.19. The number of aromatic nitrogens is 2. The summed E-state index contributed by atoms with van der Waals surface area (Å²) in [5.41, 5.74) is 3.31. The lowest BCUT2D eigenvalue weighted by Gasteiger charge is -2.16. The fraction of sp³-hybridized carbons (Fsp3) is 0.176. The van der Waals surface area contributed by atoms with Crippen LogP contribution in [0.3, 0.4) is 0 Å². The molecule has 3 aromatic rings. The molecule has 0 aliphatic heterocycles. The van der Waals surface area contributed by atoms with Crippen LogP contribution in [0.4, 0.5) is 0 Å². The number of hydrogen-bond acceptors (Lipinski definition) is 3. The molecule has 20 heavy (non-hydrogen) atoms. The first-order valence-corrected chi connectivity index (χ1v) is 6.78. The van der Waals surface area contributed by atoms with Crippen molar-refractivity contribution in [3.8, 4) is 0 Å². The van der Waals surface area contributed by atoms with Gasteiger partial charge < -0.3 is 5.32 Å². The first-order valence-electron chi connectivity index (χ1n) is 6.78. The first-order chi connectivity index (χ1) is 9.86. The minimum atomic E-state index is 0.224. The molecule has 1 N–H and O–H groups in total. The molecule has 3 nitrogen and oxygen atoms in total. The molecule has 0 saturated carbocycles. The van der Waals surface area contributed by atoms with Crippen molar-refractivity contribution in [3.63, 3.8) is 0 Å². The second-order valence-corrected chi connectivity index (χ2v) is 4.83. The summed E-state index contributed by atoms with van der Waals surface area (Å²) in [7, 11) is 1.97. The number of nitrogens with zero attached hydrogens (tertiary/aromatic N) is 2. The quantitative estimate of drug-likeness (QED) is 0.786. The van der Waals surface area contributed by atoms with Crippen LogP contribution < -0.4 is 5.32 Å². The van der Waals surface area contributed by atoms with Gasteiger partial charge in [0.25, 0.3) is 0 Å². The van der Waals surface area contributed by atoms with Crippen molar-refractivity contribution in [1.82, 2.24) is 15.3 Å². The minimum Gasteiger partial charge on any atom is -0.313 e. The predicted molar refractivity (Wildman–Crippen MR) is 81.5 cm³/mol. The lowest BCUT2D eigenvalue weighted by molar-refractivity contribution is 0.583. The van der Waals surface area contributed by atoms with Crippen LogP contribution >= 0.6 is 0 Å². The van der Waals surface area contributed by atoms with E-state index in [4.69, 9.17) is 0 Å². The summed E-state index contributed by atoms with van der Waals surface area (Å²) in [5.74, 6) is 0. The summed E-state index contributed by atoms with van der Waals surface area (Å²) in [6, 6.07) is 16.6. The Morgan fingerprint density at radius 3 is 2.70 bits per heavy atom. The third-order valence-electron chi connectivity index (χ3n) is 3.50. The highest BCUT2D eigenvalue weighted by molar-refractivity contribution is 5.78. The zero-order chi connectivity index (χ0) is 13.8. The molecule has 0 amide bonds. The molecule has 0 aliphatic rings. The third kappa shape index (κ3) is 2.68. The van der Waals surface area contributed by atoms with Crippen molar-refractivity contribution in [3.05, 3.63) is 72.2 Å². The molecule has 0 radical (unpaired) electrons. The van der Waals surface area contributed by atoms with E-state index in [1.54, 1.807) is 0 Å². The fourth-order valence-electron chi connectivity index (χ4n) is 2.39. The van der Waals surface area contributed by atoms with Crippen molar-refractivity contribution in [2.24, 2.45) is 0 Å². The van der Waals surface area contributed by atoms with Crippen molar-refractivity contribution >= 4 is 10.9 Å². The lowest BCUT2D eigenvalue weighted by atomic mass is 10.0. The molecule has 0 aliphatic carbocycles. The van der Waals surface area contributed by atoms with Gasteiger partial charge >= 0.3 is 0 Å². The number of pyridine rings is 2. The number of nitrogens with one attached hydrogen (secondary N) is 1. The Kier molecular flexibility index (Phi) is 3.70. The smallest absolute Gasteiger partial charge is 0.0702 e. The van der Waals surface area contributed by atoms with Crippen LogP contribution in [0.2, 0.25) is 0 Å². The molecule has 1 aromatic carbocycles. The zero-order valence-electron chi connectivity index (χ0n) is 11.5. The maximum absolute atomic E-state index is 4.53. The normalized spacial score (nSPS) is 12.4. The van der Waals surface area contributed by atoms with E-state index in [0.717, 1.165) is 17.6 Å². The molecule has 2 aromatic heterocycles. The van der Waals surface area contributed by atoms with Gasteiger partial charge in [0.1, 0.15) is 0 Å². The Hall–Kier alpha value is -2.26. The van der Waals surface area contributed by atoms with E-state index in [2.05, 4.69) is 33.5 Å². The number of likely N-dealkylation sites (N-methyl/N-ethyl adjacent to an activating group) is 1. The topological polar surface area (TPSA) is 37.8 Å². The van der Waals surface area contributed by atoms with Gasteiger partial charge in [0, 0.05) is 35.9 Å². The van der Waals surface area contributed by atoms with Crippen LogP contribution in [0.5, 0.6) is 0 Å². The van der Waals surface area contributed by atoms with E-state index in [1.807, 2.05) is 49.8 Å². The number of hydrogen-bond donors (Lipinski definition) is 1. The standard InChI is InChI=1S/C17H17N3/c1-18-17(11-15-7-4-5-9-19-15)14-10-13-6-2-3-8-16(13)20-12-14/h2-10,12,17-18H,11H2,1H3. The van der Waals surface area contributed by atoms with Gasteiger partial charge in [0.05, 0.1) is 5.52 Å². The number of fused-ring (bicyclic) bond motifs is 1. The molecule has 2 heterocycles. The average molecular weight is 263 g/mol. The zero-order valence-corrected chi connectivity index (χ0v) is 11.5. The van der Waals surface area contributed by atoms with Crippen molar-refractivity contribution in [2.75, 3.05) is 7.05 Å². The van der Waals surface area contributed by atoms with E-state index in [-0.39, 0.29) is 6.04 Å². The predicted octanol–water partition coefficient (Wildman–Crippen LogP) is 3.13. The number of para-hydroxylation sites is 1. The molecule has 0 bridgehead atoms. The monoisotopic (exact) mass is 263 g/mol. The molecule has 1 unspecified atom stereocenters. The highest BCUT2D eigenvalue weighted by Gasteiger charge is 2.11. The Labute approximate surface area is 118 Å². The van der Waals surface area contributed by atoms with E-state index in [0.29, 0.717) is 0 Å². The summed E-state index contributed by atoms with van der Waals surface area (Å²) in [5, 5.41) is 4.52. The van der Waals surface area contributed by atoms with Gasteiger partial charge in [-0.15, -0.1) is 0 Å². The maximum Gasteiger partial charge on any atom is 0.0702 e. The van der Waals surface area contributed by atoms with Gasteiger partial charge in [-0.3, -0.25) is 9.97 Å². The molecule has 1 atom stereocenters. The van der Waals surface area contributed by atoms with Crippen molar-refractivity contribution < 1.29 is 0 Å². The molecular weight excluding hydrogens is 246 g/mol. The molecule has 100 valence electrons. The molecule has 0 saturated heterocycles. The van der Waals surface area contributed by atoms with Gasteiger partial charge in [-0.1, -0.05) is 24.3 Å². The van der Waals surface area contributed by atoms with Crippen molar-refractivity contribution in [2.45, 2.75) is 12.5 Å². The fourth-order valence-corrected chi connectivity index (χ4v) is 2.39. The Morgan fingerprint density at radius 2 is 1.90 bits per heavy atom. The van der Waals surface area contributed by atoms with Crippen LogP contribution in [-0.2, 0) is 6.42 Å². The van der Waals surface area contributed by atoms with Gasteiger partial charge in [-0.25, -0.2) is 0 Å². The van der Waals surface area contributed by atoms with Crippen LogP contribution in [0.25, 0.3) is 10.9 Å². The van der Waals surface area contributed by atoms with Crippen LogP contribution in [-0.4, -0.2) is 17.0 Å². The minimum absolute atomic E-state index is 0.224. The third-order valence-corrected chi connectivity index (χ3v) is 3.50. The van der Waals surface area contributed by atoms with Gasteiger partial charge in [-0.2, -0.15) is 0 Å². The van der Waals surface area contributed by atoms with E-state index in [1.165, 1.54) is 10.9 Å². The average Bonchev–Trinajstić information content (AvgIpc) is 2.53. The highest BCUT2D eigenvalue weighted by Crippen LogP contribution is 2.20. The Morgan fingerprint density at radius 1 is 1.05 bits per heavy atom.